The van der Waals surface area contributed by atoms with Gasteiger partial charge in [0, 0.05) is 0 Å². The quantitative estimate of drug-likeness (QED) is 0.534. The SMILES string of the molecule is Oc1c2ccoc2c(O)c2occc12. The molecule has 0 spiro atoms. The topological polar surface area (TPSA) is 66.7 Å². The van der Waals surface area contributed by atoms with Crippen molar-refractivity contribution in [3.63, 3.8) is 0 Å². The molecule has 0 aliphatic heterocycles. The van der Waals surface area contributed by atoms with Crippen LogP contribution < -0.4 is 0 Å². The Kier molecular flexibility index (Phi) is 1.16. The lowest BCUT2D eigenvalue weighted by Crippen LogP contribution is -1.72. The molecule has 0 aliphatic carbocycles. The first-order valence-corrected chi connectivity index (χ1v) is 4.07. The highest BCUT2D eigenvalue weighted by Crippen LogP contribution is 2.42. The number of phenols is 2. The summed E-state index contributed by atoms with van der Waals surface area (Å²) in [5.41, 5.74) is 0.481. The second-order valence-electron chi connectivity index (χ2n) is 3.02. The largest absolute Gasteiger partial charge is 0.506 e. The monoisotopic (exact) mass is 190 g/mol. The van der Waals surface area contributed by atoms with Gasteiger partial charge in [-0.3, -0.25) is 0 Å². The van der Waals surface area contributed by atoms with E-state index in [-0.39, 0.29) is 22.7 Å². The van der Waals surface area contributed by atoms with Crippen LogP contribution in [0.2, 0.25) is 0 Å². The Morgan fingerprint density at radius 1 is 0.786 bits per heavy atom. The predicted octanol–water partition coefficient (Wildman–Crippen LogP) is 2.59. The fourth-order valence-corrected chi connectivity index (χ4v) is 1.61. The maximum absolute atomic E-state index is 9.78. The van der Waals surface area contributed by atoms with Crippen molar-refractivity contribution < 1.29 is 19.0 Å². The average molecular weight is 190 g/mol. The molecule has 0 fully saturated rings. The van der Waals surface area contributed by atoms with Crippen LogP contribution in [0.15, 0.2) is 33.5 Å². The van der Waals surface area contributed by atoms with Gasteiger partial charge in [-0.2, -0.15) is 0 Å². The van der Waals surface area contributed by atoms with Gasteiger partial charge in [0.15, 0.2) is 11.2 Å². The second kappa shape index (κ2) is 2.23. The molecule has 0 atom stereocenters. The molecule has 2 N–H and O–H groups in total. The summed E-state index contributed by atoms with van der Waals surface area (Å²) in [4.78, 5) is 0. The van der Waals surface area contributed by atoms with E-state index in [1.54, 1.807) is 12.1 Å². The van der Waals surface area contributed by atoms with Crippen LogP contribution in [0, 0.1) is 0 Å². The lowest BCUT2D eigenvalue weighted by atomic mass is 10.1. The van der Waals surface area contributed by atoms with Crippen molar-refractivity contribution in [1.82, 2.24) is 0 Å². The zero-order valence-electron chi connectivity index (χ0n) is 7.02. The molecule has 0 amide bonds. The molecule has 0 unspecified atom stereocenters. The molecule has 3 rings (SSSR count). The van der Waals surface area contributed by atoms with Crippen LogP contribution in [0.25, 0.3) is 21.9 Å². The van der Waals surface area contributed by atoms with Crippen LogP contribution in [-0.2, 0) is 0 Å². The van der Waals surface area contributed by atoms with Crippen LogP contribution in [-0.4, -0.2) is 10.2 Å². The van der Waals surface area contributed by atoms with E-state index in [9.17, 15) is 10.2 Å². The molecular weight excluding hydrogens is 184 g/mol. The molecule has 0 radical (unpaired) electrons. The Morgan fingerprint density at radius 2 is 1.29 bits per heavy atom. The minimum absolute atomic E-state index is 0.0651. The van der Waals surface area contributed by atoms with Crippen LogP contribution in [0.3, 0.4) is 0 Å². The Hall–Kier alpha value is -2.10. The summed E-state index contributed by atoms with van der Waals surface area (Å²) in [6.45, 7) is 0. The van der Waals surface area contributed by atoms with Crippen molar-refractivity contribution in [2.24, 2.45) is 0 Å². The number of aromatic hydroxyl groups is 2. The van der Waals surface area contributed by atoms with Crippen LogP contribution in [0.4, 0.5) is 0 Å². The molecule has 0 aliphatic rings. The lowest BCUT2D eigenvalue weighted by Gasteiger charge is -1.98. The van der Waals surface area contributed by atoms with Crippen molar-refractivity contribution in [1.29, 1.82) is 0 Å². The van der Waals surface area contributed by atoms with E-state index in [1.165, 1.54) is 12.5 Å². The first-order chi connectivity index (χ1) is 6.79. The van der Waals surface area contributed by atoms with E-state index >= 15 is 0 Å². The van der Waals surface area contributed by atoms with Gasteiger partial charge in [-0.1, -0.05) is 0 Å². The fraction of sp³-hybridized carbons (Fsp3) is 0. The number of rotatable bonds is 0. The van der Waals surface area contributed by atoms with Gasteiger partial charge in [-0.25, -0.2) is 0 Å². The van der Waals surface area contributed by atoms with E-state index < -0.39 is 0 Å². The highest BCUT2D eigenvalue weighted by Gasteiger charge is 2.16. The smallest absolute Gasteiger partial charge is 0.203 e. The van der Waals surface area contributed by atoms with Crippen LogP contribution in [0.5, 0.6) is 11.5 Å². The third-order valence-electron chi connectivity index (χ3n) is 2.27. The molecule has 0 saturated carbocycles. The molecule has 2 heterocycles. The Labute approximate surface area is 78.0 Å². The Bertz CT molecular complexity index is 515. The predicted molar refractivity (Wildman–Crippen MR) is 49.3 cm³/mol. The molecule has 4 nitrogen and oxygen atoms in total. The number of fused-ring (bicyclic) bond motifs is 2. The van der Waals surface area contributed by atoms with Gasteiger partial charge >= 0.3 is 0 Å². The summed E-state index contributed by atoms with van der Waals surface area (Å²) in [6, 6.07) is 3.19. The molecule has 4 heteroatoms. The number of hydrogen-bond acceptors (Lipinski definition) is 4. The van der Waals surface area contributed by atoms with Gasteiger partial charge in [0.1, 0.15) is 5.75 Å². The van der Waals surface area contributed by atoms with Crippen molar-refractivity contribution in [2.75, 3.05) is 0 Å². The highest BCUT2D eigenvalue weighted by molar-refractivity contribution is 6.06. The molecular formula is C10H6O4. The minimum atomic E-state index is -0.0807. The van der Waals surface area contributed by atoms with E-state index in [1.807, 2.05) is 0 Å². The zero-order chi connectivity index (χ0) is 9.71. The van der Waals surface area contributed by atoms with Crippen molar-refractivity contribution in [3.05, 3.63) is 24.7 Å². The summed E-state index contributed by atoms with van der Waals surface area (Å²) in [7, 11) is 0. The first-order valence-electron chi connectivity index (χ1n) is 4.07. The summed E-state index contributed by atoms with van der Waals surface area (Å²) in [6.07, 6.45) is 2.81. The molecule has 3 aromatic rings. The third kappa shape index (κ3) is 0.682. The summed E-state index contributed by atoms with van der Waals surface area (Å²) in [5, 5.41) is 20.5. The van der Waals surface area contributed by atoms with Crippen molar-refractivity contribution in [2.45, 2.75) is 0 Å². The first kappa shape index (κ1) is 7.32. The Balaban J connectivity index is 2.72. The second-order valence-corrected chi connectivity index (χ2v) is 3.02. The van der Waals surface area contributed by atoms with Gasteiger partial charge in [0.05, 0.1) is 23.3 Å². The lowest BCUT2D eigenvalue weighted by molar-refractivity contribution is 0.452. The van der Waals surface area contributed by atoms with Crippen molar-refractivity contribution >= 4 is 21.9 Å². The van der Waals surface area contributed by atoms with E-state index in [2.05, 4.69) is 0 Å². The highest BCUT2D eigenvalue weighted by atomic mass is 16.4. The molecule has 0 bridgehead atoms. The number of hydrogen-bond donors (Lipinski definition) is 2. The maximum Gasteiger partial charge on any atom is 0.203 e. The van der Waals surface area contributed by atoms with Crippen LogP contribution >= 0.6 is 0 Å². The minimum Gasteiger partial charge on any atom is -0.506 e. The van der Waals surface area contributed by atoms with Gasteiger partial charge < -0.3 is 19.0 Å². The van der Waals surface area contributed by atoms with E-state index in [4.69, 9.17) is 8.83 Å². The van der Waals surface area contributed by atoms with Gasteiger partial charge in [0.2, 0.25) is 5.75 Å². The number of furan rings is 2. The van der Waals surface area contributed by atoms with E-state index in [0.717, 1.165) is 0 Å². The van der Waals surface area contributed by atoms with Gasteiger partial charge in [-0.15, -0.1) is 0 Å². The maximum atomic E-state index is 9.78. The Morgan fingerprint density at radius 3 is 1.79 bits per heavy atom. The van der Waals surface area contributed by atoms with Gasteiger partial charge in [-0.05, 0) is 12.1 Å². The van der Waals surface area contributed by atoms with Crippen LogP contribution in [0.1, 0.15) is 0 Å². The molecule has 14 heavy (non-hydrogen) atoms. The van der Waals surface area contributed by atoms with E-state index in [0.29, 0.717) is 10.8 Å². The average Bonchev–Trinajstić information content (AvgIpc) is 2.82. The summed E-state index contributed by atoms with van der Waals surface area (Å²) >= 11 is 0. The number of benzene rings is 1. The van der Waals surface area contributed by atoms with Crippen molar-refractivity contribution in [3.8, 4) is 11.5 Å². The molecule has 2 aromatic heterocycles. The molecule has 70 valence electrons. The molecule has 1 aromatic carbocycles. The zero-order valence-corrected chi connectivity index (χ0v) is 7.02. The summed E-state index contributed by atoms with van der Waals surface area (Å²) in [5.74, 6) is -0.0156. The number of phenolic OH excluding ortho intramolecular Hbond substituents is 2. The molecule has 0 saturated heterocycles. The summed E-state index contributed by atoms with van der Waals surface area (Å²) < 4.78 is 10.1. The normalized spacial score (nSPS) is 11.4. The standard InChI is InChI=1S/C10H6O4/c11-7-5-1-3-13-9(5)8(12)10-6(7)2-4-14-10/h1-4,11-12H. The third-order valence-corrected chi connectivity index (χ3v) is 2.27. The fourth-order valence-electron chi connectivity index (χ4n) is 1.61. The van der Waals surface area contributed by atoms with Gasteiger partial charge in [0.25, 0.3) is 0 Å².